The number of ether oxygens (including phenoxy) is 13. The van der Waals surface area contributed by atoms with Gasteiger partial charge in [0, 0.05) is 46.3 Å². The lowest BCUT2D eigenvalue weighted by Crippen LogP contribution is -2.48. The Morgan fingerprint density at radius 1 is 0.369 bits per heavy atom. The van der Waals surface area contributed by atoms with Gasteiger partial charge in [-0.2, -0.15) is 0 Å². The average molecular weight is 2000 g/mol. The van der Waals surface area contributed by atoms with E-state index in [0.29, 0.717) is 124 Å². The maximum atomic E-state index is 13.5. The first-order chi connectivity index (χ1) is 60.6. The number of rotatable bonds is 22. The van der Waals surface area contributed by atoms with Crippen LogP contribution in [0.4, 0.5) is 0 Å². The van der Waals surface area contributed by atoms with Crippen LogP contribution in [-0.2, 0) is 124 Å². The summed E-state index contributed by atoms with van der Waals surface area (Å²) in [4.78, 5) is 159. The van der Waals surface area contributed by atoms with Crippen molar-refractivity contribution in [3.8, 4) is 0 Å². The zero-order valence-corrected chi connectivity index (χ0v) is 80.8. The Kier molecular flexibility index (Phi) is 43.2. The van der Waals surface area contributed by atoms with E-state index in [1.807, 2.05) is 125 Å². The van der Waals surface area contributed by atoms with Crippen LogP contribution in [0.15, 0.2) is 0 Å². The summed E-state index contributed by atoms with van der Waals surface area (Å²) in [5.74, 6) is 2.48. The molecule has 0 N–H and O–H groups in total. The summed E-state index contributed by atoms with van der Waals surface area (Å²) in [6.07, 6.45) is 26.1. The summed E-state index contributed by atoms with van der Waals surface area (Å²) in [5.41, 5.74) is -3.64. The van der Waals surface area contributed by atoms with Crippen LogP contribution >= 0.6 is 0 Å². The zero-order chi connectivity index (χ0) is 93.4. The second-order valence-corrected chi connectivity index (χ2v) is 47.7. The van der Waals surface area contributed by atoms with Gasteiger partial charge in [0.15, 0.2) is 0 Å². The fourth-order valence-corrected chi connectivity index (χ4v) is 27.6. The van der Waals surface area contributed by atoms with Crippen molar-refractivity contribution >= 4 is 77.6 Å². The number of carbonyl (C=O) groups is 13. The summed E-state index contributed by atoms with van der Waals surface area (Å²) < 4.78 is 72.6. The molecule has 6 heterocycles. The van der Waals surface area contributed by atoms with Crippen LogP contribution in [0.3, 0.4) is 0 Å². The Morgan fingerprint density at radius 2 is 0.816 bits per heavy atom. The number of hydrogen-bond donors (Lipinski definition) is 0. The molecule has 141 heavy (non-hydrogen) atoms. The number of hydrogen-bond acceptors (Lipinski definition) is 26. The van der Waals surface area contributed by atoms with E-state index in [1.165, 1.54) is 6.42 Å². The normalized spacial score (nSPS) is 37.4. The van der Waals surface area contributed by atoms with Crippen molar-refractivity contribution in [2.75, 3.05) is 33.0 Å². The Labute approximate surface area is 852 Å². The predicted octanol–water partition coefficient (Wildman–Crippen LogP) is 24.2. The molecule has 26 nitrogen and oxygen atoms in total. The van der Waals surface area contributed by atoms with Crippen LogP contribution < -0.4 is 0 Å². The molecule has 0 amide bonds. The average Bonchev–Trinajstić information content (AvgIpc) is 1.53. The van der Waals surface area contributed by atoms with Gasteiger partial charge < -0.3 is 61.6 Å². The molecule has 30 unspecified atom stereocenters. The number of cyclic esters (lactones) is 4. The van der Waals surface area contributed by atoms with E-state index in [2.05, 4.69) is 6.92 Å². The molecule has 0 radical (unpaired) electrons. The largest absolute Gasteiger partial charge is 0.465 e. The van der Waals surface area contributed by atoms with Crippen LogP contribution in [0, 0.1) is 161 Å². The number of esters is 13. The monoisotopic (exact) mass is 2000 g/mol. The van der Waals surface area contributed by atoms with E-state index in [0.717, 1.165) is 161 Å². The van der Waals surface area contributed by atoms with E-state index in [1.54, 1.807) is 0 Å². The van der Waals surface area contributed by atoms with Crippen LogP contribution in [0.1, 0.15) is 413 Å². The zero-order valence-electron chi connectivity index (χ0n) is 80.8. The van der Waals surface area contributed by atoms with Crippen molar-refractivity contribution in [2.24, 2.45) is 161 Å². The van der Waals surface area contributed by atoms with Gasteiger partial charge in [-0.3, -0.25) is 62.3 Å². The Hall–Kier alpha value is -6.89. The van der Waals surface area contributed by atoms with E-state index in [4.69, 9.17) is 61.6 Å². The highest BCUT2D eigenvalue weighted by molar-refractivity contribution is 5.87. The van der Waals surface area contributed by atoms with Gasteiger partial charge in [-0.25, -0.2) is 0 Å². The van der Waals surface area contributed by atoms with Gasteiger partial charge in [0.2, 0.25) is 0 Å². The third-order valence-corrected chi connectivity index (χ3v) is 38.3. The molecule has 20 fully saturated rings. The fourth-order valence-electron chi connectivity index (χ4n) is 27.6. The summed E-state index contributed by atoms with van der Waals surface area (Å²) >= 11 is 0. The van der Waals surface area contributed by atoms with Crippen LogP contribution in [0.5, 0.6) is 0 Å². The minimum Gasteiger partial charge on any atom is -0.465 e. The minimum atomic E-state index is -0.602. The molecule has 6 aliphatic heterocycles. The summed E-state index contributed by atoms with van der Waals surface area (Å²) in [7, 11) is 0. The number of fused-ring (bicyclic) bond motifs is 16. The highest BCUT2D eigenvalue weighted by Gasteiger charge is 2.73. The summed E-state index contributed by atoms with van der Waals surface area (Å²) in [6, 6.07) is 0. The van der Waals surface area contributed by atoms with Crippen molar-refractivity contribution in [3.05, 3.63) is 0 Å². The first kappa shape index (κ1) is 128. The van der Waals surface area contributed by atoms with Crippen LogP contribution in [0.25, 0.3) is 0 Å². The van der Waals surface area contributed by atoms with Crippen molar-refractivity contribution in [2.45, 2.75) is 462 Å². The molecule has 14 aliphatic carbocycles. The lowest BCUT2D eigenvalue weighted by molar-refractivity contribution is -0.182. The third kappa shape index (κ3) is 23.5. The first-order valence-corrected chi connectivity index (χ1v) is 50.2. The van der Waals surface area contributed by atoms with Gasteiger partial charge in [0.25, 0.3) is 0 Å². The highest BCUT2D eigenvalue weighted by Crippen LogP contribution is 2.67. The highest BCUT2D eigenvalue weighted by atomic mass is 16.6. The van der Waals surface area contributed by atoms with Gasteiger partial charge >= 0.3 is 77.6 Å². The molecule has 6 saturated heterocycles. The van der Waals surface area contributed by atoms with Crippen LogP contribution in [-0.4, -0.2) is 159 Å². The quantitative estimate of drug-likeness (QED) is 0.0717. The standard InChI is InChI=1S/C24H34O6.4C16H24O4.C15H22O4.12CH4/c1-5-23(3,4)22(27)29-19-15-10-14-16(20(25)28-18(14)19)17(15)21(26)30-24(6-2)11-12-7-8-13(24)9-12;1-4-15(2,3)14(18)20-12-6-11-5-10(12)7-16(11)8-13(17)19-9-16;1-4-15(2,3)14(18)20-12-6-10-5-11(12)16(7-10)8-13(17)19-9-16;1-4-15(2,3)13(17)20-12-8-11-7-10(12)9-16(11)5-6-19-14(16)18;1-4-15(2,3)13(17)20-12-8-10-7-11(12)16(9-10)5-6-19-14(16)18;1-4-15(2,3)14(17)18-7-10-8-5-9-11(6-8)19-13(16)12(9)10;;;;;;;;;;;;/h12-19H,5-11H2,1-4H3;4*10-12H,4-9H2,1-3H3;8-12H,4-7H2,1-3H3;12*1H4. The maximum Gasteiger partial charge on any atom is 0.312 e. The molecule has 4 spiro atoms. The van der Waals surface area contributed by atoms with E-state index in [9.17, 15) is 62.3 Å². The second-order valence-electron chi connectivity index (χ2n) is 47.7. The van der Waals surface area contributed by atoms with Crippen molar-refractivity contribution in [1.82, 2.24) is 0 Å². The topological polar surface area (TPSA) is 342 Å². The van der Waals surface area contributed by atoms with Gasteiger partial charge in [0.1, 0.15) is 48.3 Å². The van der Waals surface area contributed by atoms with Crippen molar-refractivity contribution in [1.29, 1.82) is 0 Å². The predicted molar refractivity (Wildman–Crippen MR) is 547 cm³/mol. The molecule has 26 heteroatoms. The van der Waals surface area contributed by atoms with E-state index >= 15 is 0 Å². The molecule has 0 aromatic carbocycles. The molecule has 14 bridgehead atoms. The molecule has 20 rings (SSSR count). The molecule has 816 valence electrons. The van der Waals surface area contributed by atoms with Gasteiger partial charge in [-0.15, -0.1) is 0 Å². The second kappa shape index (κ2) is 47.5. The van der Waals surface area contributed by atoms with E-state index < -0.39 is 56.5 Å². The minimum absolute atomic E-state index is 0. The fraction of sp³-hybridized carbons (Fsp3) is 0.887. The maximum absolute atomic E-state index is 13.5. The Bertz CT molecular complexity index is 4320. The summed E-state index contributed by atoms with van der Waals surface area (Å²) in [5, 5.41) is 0. The lowest BCUT2D eigenvalue weighted by Gasteiger charge is -2.39. The lowest BCUT2D eigenvalue weighted by atomic mass is 9.71. The van der Waals surface area contributed by atoms with Gasteiger partial charge in [0.05, 0.1) is 107 Å². The molecule has 0 aromatic heterocycles. The molecular weight excluding hydrogens is 1800 g/mol. The number of carbonyl (C=O) groups excluding carboxylic acids is 13. The van der Waals surface area contributed by atoms with Crippen LogP contribution in [0.2, 0.25) is 0 Å². The molecular formula is C115H200O26. The third-order valence-electron chi connectivity index (χ3n) is 38.3. The molecule has 0 aromatic rings. The van der Waals surface area contributed by atoms with E-state index in [-0.39, 0.29) is 254 Å². The molecule has 20 aliphatic rings. The molecule has 30 atom stereocenters. The Balaban J connectivity index is 0.000000431. The van der Waals surface area contributed by atoms with Gasteiger partial charge in [-0.1, -0.05) is 138 Å². The van der Waals surface area contributed by atoms with Crippen molar-refractivity contribution < 1.29 is 124 Å². The smallest absolute Gasteiger partial charge is 0.312 e. The SMILES string of the molecule is C.C.C.C.C.C.C.C.C.C.C.C.CCC(C)(C)C(=O)OC1C2CC3C1OC(=O)C3C2C(=O)OC1(CC)CC2CCC1C2.CCC(C)(C)C(=O)OC1CC2CC1C1(CCOC1=O)C2.CCC(C)(C)C(=O)OC1CC2CC1C1(COC(=O)C1)C2.CCC(C)(C)C(=O)OC1CC2CC1CC21CCOC1=O.CCC(C)(C)C(=O)OC1CC2CC1CC21COC(=O)C1.CCC(C)(C)C(=O)OCC1C2CC3OC(=O)C1C3C2. The van der Waals surface area contributed by atoms with Gasteiger partial charge in [-0.05, 0) is 316 Å². The van der Waals surface area contributed by atoms with Crippen molar-refractivity contribution in [3.63, 3.8) is 0 Å². The summed E-state index contributed by atoms with van der Waals surface area (Å²) in [6.45, 7) is 39.6. The Morgan fingerprint density at radius 3 is 1.24 bits per heavy atom. The molecule has 14 saturated carbocycles. The first-order valence-electron chi connectivity index (χ1n) is 50.2.